The molecule has 2 rings (SSSR count). The van der Waals surface area contributed by atoms with Gasteiger partial charge in [-0.1, -0.05) is 18.2 Å². The summed E-state index contributed by atoms with van der Waals surface area (Å²) in [6.45, 7) is 5.47. The Hall–Kier alpha value is -1.39. The van der Waals surface area contributed by atoms with Crippen LogP contribution in [0.2, 0.25) is 0 Å². The number of rotatable bonds is 4. The summed E-state index contributed by atoms with van der Waals surface area (Å²) in [7, 11) is 0. The van der Waals surface area contributed by atoms with Gasteiger partial charge in [0.05, 0.1) is 11.7 Å². The van der Waals surface area contributed by atoms with Crippen LogP contribution >= 0.6 is 0 Å². The van der Waals surface area contributed by atoms with Gasteiger partial charge in [-0.2, -0.15) is 0 Å². The number of nitrogens with one attached hydrogen (secondary N) is 1. The molecule has 1 aliphatic rings. The van der Waals surface area contributed by atoms with Crippen molar-refractivity contribution in [1.82, 2.24) is 5.32 Å². The van der Waals surface area contributed by atoms with Crippen LogP contribution < -0.4 is 5.32 Å². The number of carboxylic acid groups (broad SMARTS) is 1. The van der Waals surface area contributed by atoms with Crippen molar-refractivity contribution in [2.24, 2.45) is 0 Å². The van der Waals surface area contributed by atoms with Crippen LogP contribution in [0.15, 0.2) is 24.3 Å². The van der Waals surface area contributed by atoms with Gasteiger partial charge in [-0.25, -0.2) is 4.79 Å². The number of benzene rings is 1. The third-order valence-corrected chi connectivity index (χ3v) is 3.82. The van der Waals surface area contributed by atoms with Gasteiger partial charge in [0.1, 0.15) is 0 Å². The van der Waals surface area contributed by atoms with Crippen LogP contribution in [0, 0.1) is 0 Å². The third-order valence-electron chi connectivity index (χ3n) is 3.82. The molecule has 2 unspecified atom stereocenters. The quantitative estimate of drug-likeness (QED) is 0.857. The zero-order valence-electron chi connectivity index (χ0n) is 10.8. The predicted molar refractivity (Wildman–Crippen MR) is 68.7 cm³/mol. The monoisotopic (exact) mass is 249 g/mol. The first-order valence-corrected chi connectivity index (χ1v) is 6.21. The highest BCUT2D eigenvalue weighted by atomic mass is 16.5. The first kappa shape index (κ1) is 13.1. The van der Waals surface area contributed by atoms with Gasteiger partial charge in [-0.15, -0.1) is 0 Å². The number of ether oxygens (including phenoxy) is 1. The SMILES string of the molecule is CC1OCCC1(C)NCc1ccccc1C(=O)O. The van der Waals surface area contributed by atoms with Crippen LogP contribution in [0.4, 0.5) is 0 Å². The molecule has 2 N–H and O–H groups in total. The van der Waals surface area contributed by atoms with E-state index in [-0.39, 0.29) is 11.6 Å². The lowest BCUT2D eigenvalue weighted by Crippen LogP contribution is -2.47. The number of carboxylic acids is 1. The van der Waals surface area contributed by atoms with Crippen molar-refractivity contribution in [2.45, 2.75) is 38.5 Å². The molecule has 1 saturated heterocycles. The number of hydrogen-bond donors (Lipinski definition) is 2. The van der Waals surface area contributed by atoms with Crippen molar-refractivity contribution in [2.75, 3.05) is 6.61 Å². The normalized spacial score (nSPS) is 27.3. The molecule has 1 aliphatic heterocycles. The Bertz CT molecular complexity index is 446. The van der Waals surface area contributed by atoms with Crippen molar-refractivity contribution in [3.63, 3.8) is 0 Å². The smallest absolute Gasteiger partial charge is 0.336 e. The van der Waals surface area contributed by atoms with E-state index in [2.05, 4.69) is 12.2 Å². The highest BCUT2D eigenvalue weighted by Gasteiger charge is 2.36. The van der Waals surface area contributed by atoms with E-state index in [1.165, 1.54) is 0 Å². The molecule has 0 radical (unpaired) electrons. The minimum Gasteiger partial charge on any atom is -0.478 e. The second-order valence-corrected chi connectivity index (χ2v) is 5.00. The van der Waals surface area contributed by atoms with E-state index < -0.39 is 5.97 Å². The van der Waals surface area contributed by atoms with Gasteiger partial charge in [0.25, 0.3) is 0 Å². The number of hydrogen-bond acceptors (Lipinski definition) is 3. The fraction of sp³-hybridized carbons (Fsp3) is 0.500. The van der Waals surface area contributed by atoms with E-state index in [4.69, 9.17) is 9.84 Å². The van der Waals surface area contributed by atoms with Gasteiger partial charge in [0.15, 0.2) is 0 Å². The first-order chi connectivity index (χ1) is 8.53. The summed E-state index contributed by atoms with van der Waals surface area (Å²) in [5.41, 5.74) is 1.09. The van der Waals surface area contributed by atoms with Crippen LogP contribution in [-0.4, -0.2) is 29.3 Å². The summed E-state index contributed by atoms with van der Waals surface area (Å²) >= 11 is 0. The summed E-state index contributed by atoms with van der Waals surface area (Å²) in [5.74, 6) is -0.881. The standard InChI is InChI=1S/C14H19NO3/c1-10-14(2,7-8-18-10)15-9-11-5-3-4-6-12(11)13(16)17/h3-6,10,15H,7-9H2,1-2H3,(H,16,17). The van der Waals surface area contributed by atoms with Gasteiger partial charge in [0, 0.05) is 18.7 Å². The topological polar surface area (TPSA) is 58.6 Å². The maximum Gasteiger partial charge on any atom is 0.336 e. The Labute approximate surface area is 107 Å². The Morgan fingerprint density at radius 1 is 1.56 bits per heavy atom. The van der Waals surface area contributed by atoms with Gasteiger partial charge in [-0.3, -0.25) is 0 Å². The van der Waals surface area contributed by atoms with E-state index in [0.29, 0.717) is 12.1 Å². The van der Waals surface area contributed by atoms with Crippen LogP contribution in [0.3, 0.4) is 0 Å². The van der Waals surface area contributed by atoms with Gasteiger partial charge in [0.2, 0.25) is 0 Å². The minimum atomic E-state index is -0.881. The summed E-state index contributed by atoms with van der Waals surface area (Å²) in [5, 5.41) is 12.6. The van der Waals surface area contributed by atoms with Crippen molar-refractivity contribution < 1.29 is 14.6 Å². The molecular weight excluding hydrogens is 230 g/mol. The molecule has 1 fully saturated rings. The zero-order chi connectivity index (χ0) is 13.2. The molecule has 0 saturated carbocycles. The minimum absolute atomic E-state index is 0.0778. The van der Waals surface area contributed by atoms with E-state index in [1.807, 2.05) is 19.1 Å². The molecule has 4 nitrogen and oxygen atoms in total. The van der Waals surface area contributed by atoms with Crippen LogP contribution in [-0.2, 0) is 11.3 Å². The molecule has 2 atom stereocenters. The average Bonchev–Trinajstić information content (AvgIpc) is 2.68. The summed E-state index contributed by atoms with van der Waals surface area (Å²) in [4.78, 5) is 11.1. The Morgan fingerprint density at radius 2 is 2.28 bits per heavy atom. The van der Waals surface area contributed by atoms with Gasteiger partial charge >= 0.3 is 5.97 Å². The number of carbonyl (C=O) groups is 1. The lowest BCUT2D eigenvalue weighted by molar-refractivity contribution is 0.0694. The predicted octanol–water partition coefficient (Wildman–Crippen LogP) is 2.04. The maximum atomic E-state index is 11.1. The molecule has 98 valence electrons. The average molecular weight is 249 g/mol. The van der Waals surface area contributed by atoms with Crippen molar-refractivity contribution >= 4 is 5.97 Å². The molecular formula is C14H19NO3. The van der Waals surface area contributed by atoms with E-state index >= 15 is 0 Å². The fourth-order valence-electron chi connectivity index (χ4n) is 2.25. The van der Waals surface area contributed by atoms with Crippen LogP contribution in [0.5, 0.6) is 0 Å². The Balaban J connectivity index is 2.09. The third kappa shape index (κ3) is 2.54. The summed E-state index contributed by atoms with van der Waals surface area (Å²) in [6.07, 6.45) is 1.10. The number of aromatic carboxylic acids is 1. The molecule has 0 aromatic heterocycles. The largest absolute Gasteiger partial charge is 0.478 e. The summed E-state index contributed by atoms with van der Waals surface area (Å²) in [6, 6.07) is 7.09. The molecule has 1 aromatic rings. The van der Waals surface area contributed by atoms with Crippen molar-refractivity contribution in [1.29, 1.82) is 0 Å². The second-order valence-electron chi connectivity index (χ2n) is 5.00. The highest BCUT2D eigenvalue weighted by Crippen LogP contribution is 2.25. The molecule has 0 amide bonds. The van der Waals surface area contributed by atoms with E-state index in [1.54, 1.807) is 12.1 Å². The lowest BCUT2D eigenvalue weighted by Gasteiger charge is -2.29. The first-order valence-electron chi connectivity index (χ1n) is 6.21. The van der Waals surface area contributed by atoms with Crippen molar-refractivity contribution in [3.8, 4) is 0 Å². The molecule has 1 heterocycles. The van der Waals surface area contributed by atoms with Crippen LogP contribution in [0.25, 0.3) is 0 Å². The van der Waals surface area contributed by atoms with E-state index in [9.17, 15) is 4.79 Å². The zero-order valence-corrected chi connectivity index (χ0v) is 10.8. The van der Waals surface area contributed by atoms with Gasteiger partial charge < -0.3 is 15.2 Å². The van der Waals surface area contributed by atoms with Gasteiger partial charge in [-0.05, 0) is 31.9 Å². The Morgan fingerprint density at radius 3 is 2.89 bits per heavy atom. The second kappa shape index (κ2) is 5.08. The van der Waals surface area contributed by atoms with Crippen LogP contribution in [0.1, 0.15) is 36.2 Å². The highest BCUT2D eigenvalue weighted by molar-refractivity contribution is 5.89. The van der Waals surface area contributed by atoms with Crippen molar-refractivity contribution in [3.05, 3.63) is 35.4 Å². The maximum absolute atomic E-state index is 11.1. The molecule has 0 aliphatic carbocycles. The molecule has 0 spiro atoms. The lowest BCUT2D eigenvalue weighted by atomic mass is 9.94. The fourth-order valence-corrected chi connectivity index (χ4v) is 2.25. The Kier molecular flexibility index (Phi) is 3.68. The molecule has 18 heavy (non-hydrogen) atoms. The molecule has 0 bridgehead atoms. The summed E-state index contributed by atoms with van der Waals surface area (Å²) < 4.78 is 5.56. The molecule has 4 heteroatoms. The molecule has 1 aromatic carbocycles. The van der Waals surface area contributed by atoms with E-state index in [0.717, 1.165) is 18.6 Å².